The number of nitrogens with one attached hydrogen (secondary N) is 1. The van der Waals surface area contributed by atoms with Crippen molar-refractivity contribution >= 4 is 11.9 Å². The number of hydrogen-bond donors (Lipinski definition) is 1. The molecule has 0 radical (unpaired) electrons. The van der Waals surface area contributed by atoms with Crippen molar-refractivity contribution in [2.24, 2.45) is 0 Å². The molecular formula is C33H54N2O5. The molecule has 0 aliphatic carbocycles. The van der Waals surface area contributed by atoms with Crippen LogP contribution in [0.15, 0.2) is 18.2 Å². The summed E-state index contributed by atoms with van der Waals surface area (Å²) in [6.07, 6.45) is 16.2. The quantitative estimate of drug-likeness (QED) is 0.136. The molecule has 0 aromatic heterocycles. The third-order valence-electron chi connectivity index (χ3n) is 8.01. The second kappa shape index (κ2) is 19.0. The second-order valence-electron chi connectivity index (χ2n) is 11.5. The molecule has 1 fully saturated rings. The van der Waals surface area contributed by atoms with Crippen molar-refractivity contribution < 1.29 is 23.8 Å². The minimum atomic E-state index is -0.586. The Labute approximate surface area is 242 Å². The van der Waals surface area contributed by atoms with Crippen LogP contribution in [-0.4, -0.2) is 55.7 Å². The lowest BCUT2D eigenvalue weighted by Crippen LogP contribution is -2.47. The number of likely N-dealkylation sites (tertiary alicyclic amines) is 1. The van der Waals surface area contributed by atoms with Crippen molar-refractivity contribution in [3.63, 3.8) is 0 Å². The van der Waals surface area contributed by atoms with E-state index in [4.69, 9.17) is 14.2 Å². The first kappa shape index (κ1) is 32.2. The van der Waals surface area contributed by atoms with Crippen LogP contribution in [0.4, 0.5) is 0 Å². The predicted molar refractivity (Wildman–Crippen MR) is 160 cm³/mol. The number of rotatable bonds is 20. The van der Waals surface area contributed by atoms with Crippen molar-refractivity contribution in [2.75, 3.05) is 32.8 Å². The van der Waals surface area contributed by atoms with Gasteiger partial charge >= 0.3 is 5.97 Å². The monoisotopic (exact) mass is 558 g/mol. The Balaban J connectivity index is 1.70. The van der Waals surface area contributed by atoms with Crippen LogP contribution >= 0.6 is 0 Å². The Morgan fingerprint density at radius 3 is 2.10 bits per heavy atom. The minimum absolute atomic E-state index is 0.0337. The minimum Gasteiger partial charge on any atom is -0.486 e. The van der Waals surface area contributed by atoms with Crippen molar-refractivity contribution in [1.82, 2.24) is 10.2 Å². The summed E-state index contributed by atoms with van der Waals surface area (Å²) in [7, 11) is 0. The number of nitrogens with zero attached hydrogens (tertiary/aromatic N) is 1. The molecule has 1 aromatic carbocycles. The van der Waals surface area contributed by atoms with Gasteiger partial charge in [-0.15, -0.1) is 0 Å². The molecule has 2 unspecified atom stereocenters. The van der Waals surface area contributed by atoms with Crippen molar-refractivity contribution in [3.05, 3.63) is 23.8 Å². The van der Waals surface area contributed by atoms with E-state index in [9.17, 15) is 9.59 Å². The molecule has 0 bridgehead atoms. The average molecular weight is 559 g/mol. The lowest BCUT2D eigenvalue weighted by atomic mass is 9.99. The van der Waals surface area contributed by atoms with E-state index in [2.05, 4.69) is 24.1 Å². The molecule has 1 amide bonds. The molecule has 7 nitrogen and oxygen atoms in total. The summed E-state index contributed by atoms with van der Waals surface area (Å²) < 4.78 is 17.8. The number of carbonyl (C=O) groups is 2. The van der Waals surface area contributed by atoms with E-state index in [1.165, 1.54) is 38.5 Å². The molecule has 2 aliphatic rings. The van der Waals surface area contributed by atoms with Crippen LogP contribution in [0.2, 0.25) is 0 Å². The molecule has 2 heterocycles. The normalized spacial score (nSPS) is 16.4. The van der Waals surface area contributed by atoms with Crippen LogP contribution < -0.4 is 14.8 Å². The van der Waals surface area contributed by atoms with Gasteiger partial charge in [-0.2, -0.15) is 0 Å². The molecule has 7 heteroatoms. The Morgan fingerprint density at radius 1 is 0.825 bits per heavy atom. The highest BCUT2D eigenvalue weighted by Gasteiger charge is 2.32. The van der Waals surface area contributed by atoms with E-state index in [1.54, 1.807) is 0 Å². The van der Waals surface area contributed by atoms with Gasteiger partial charge < -0.3 is 24.4 Å². The first-order valence-corrected chi connectivity index (χ1v) is 16.2. The number of ether oxygens (including phenoxy) is 3. The summed E-state index contributed by atoms with van der Waals surface area (Å²) >= 11 is 0. The van der Waals surface area contributed by atoms with Gasteiger partial charge in [0.25, 0.3) is 0 Å². The van der Waals surface area contributed by atoms with Gasteiger partial charge in [0, 0.05) is 19.4 Å². The Bertz CT molecular complexity index is 870. The maximum Gasteiger partial charge on any atom is 0.306 e. The fourth-order valence-electron chi connectivity index (χ4n) is 5.67. The SMILES string of the molecule is CCCCCCCCCC(=O)OC(c1ccc2c(c1)OCCO2)C(CN1CCCC1)NC(=O)CCCCCCC. The van der Waals surface area contributed by atoms with Crippen LogP contribution in [-0.2, 0) is 14.3 Å². The Morgan fingerprint density at radius 2 is 1.43 bits per heavy atom. The third kappa shape index (κ3) is 11.7. The summed E-state index contributed by atoms with van der Waals surface area (Å²) in [5.74, 6) is 1.20. The van der Waals surface area contributed by atoms with E-state index in [-0.39, 0.29) is 17.9 Å². The Hall–Kier alpha value is -2.28. The van der Waals surface area contributed by atoms with Gasteiger partial charge in [0.05, 0.1) is 6.04 Å². The van der Waals surface area contributed by atoms with Gasteiger partial charge in [0.15, 0.2) is 11.5 Å². The standard InChI is InChI=1S/C33H54N2O5/c1-3-5-7-9-10-12-14-18-32(37)40-33(27-19-20-29-30(25-27)39-24-23-38-29)28(26-35-21-15-16-22-35)34-31(36)17-13-11-8-6-4-2/h19-20,25,28,33H,3-18,21-24,26H2,1-2H3,(H,34,36). The van der Waals surface area contributed by atoms with E-state index in [1.807, 2.05) is 18.2 Å². The van der Waals surface area contributed by atoms with Crippen LogP contribution in [0.3, 0.4) is 0 Å². The van der Waals surface area contributed by atoms with Crippen LogP contribution in [0.5, 0.6) is 11.5 Å². The number of fused-ring (bicyclic) bond motifs is 1. The lowest BCUT2D eigenvalue weighted by molar-refractivity contribution is -0.152. The van der Waals surface area contributed by atoms with Gasteiger partial charge in [0.2, 0.25) is 5.91 Å². The lowest BCUT2D eigenvalue weighted by Gasteiger charge is -2.32. The molecule has 3 rings (SSSR count). The first-order valence-electron chi connectivity index (χ1n) is 16.2. The Kier molecular flexibility index (Phi) is 15.3. The van der Waals surface area contributed by atoms with E-state index < -0.39 is 6.10 Å². The van der Waals surface area contributed by atoms with Gasteiger partial charge in [0.1, 0.15) is 19.3 Å². The highest BCUT2D eigenvalue weighted by molar-refractivity contribution is 5.76. The smallest absolute Gasteiger partial charge is 0.306 e. The van der Waals surface area contributed by atoms with Crippen LogP contribution in [0, 0.1) is 0 Å². The highest BCUT2D eigenvalue weighted by Crippen LogP contribution is 2.35. The summed E-state index contributed by atoms with van der Waals surface area (Å²) in [5.41, 5.74) is 0.838. The molecule has 0 saturated carbocycles. The number of carbonyl (C=O) groups excluding carboxylic acids is 2. The van der Waals surface area contributed by atoms with Crippen LogP contribution in [0.25, 0.3) is 0 Å². The van der Waals surface area contributed by atoms with Gasteiger partial charge in [-0.05, 0) is 56.5 Å². The zero-order valence-electron chi connectivity index (χ0n) is 25.2. The fraction of sp³-hybridized carbons (Fsp3) is 0.758. The van der Waals surface area contributed by atoms with Gasteiger partial charge in [-0.3, -0.25) is 9.59 Å². The molecule has 2 aliphatic heterocycles. The number of amides is 1. The van der Waals surface area contributed by atoms with E-state index in [0.717, 1.165) is 70.0 Å². The largest absolute Gasteiger partial charge is 0.486 e. The summed E-state index contributed by atoms with van der Waals surface area (Å²) in [5, 5.41) is 3.28. The number of esters is 1. The molecule has 1 saturated heterocycles. The average Bonchev–Trinajstić information content (AvgIpc) is 3.48. The van der Waals surface area contributed by atoms with Crippen molar-refractivity contribution in [3.8, 4) is 11.5 Å². The summed E-state index contributed by atoms with van der Waals surface area (Å²) in [6.45, 7) is 8.10. The maximum atomic E-state index is 13.1. The zero-order chi connectivity index (χ0) is 28.4. The molecular weight excluding hydrogens is 504 g/mol. The summed E-state index contributed by atoms with van der Waals surface area (Å²) in [4.78, 5) is 28.6. The molecule has 1 aromatic rings. The van der Waals surface area contributed by atoms with Gasteiger partial charge in [-0.1, -0.05) is 84.1 Å². The molecule has 40 heavy (non-hydrogen) atoms. The molecule has 226 valence electrons. The molecule has 2 atom stereocenters. The van der Waals surface area contributed by atoms with E-state index >= 15 is 0 Å². The maximum absolute atomic E-state index is 13.1. The number of unbranched alkanes of at least 4 members (excludes halogenated alkanes) is 10. The molecule has 0 spiro atoms. The second-order valence-corrected chi connectivity index (χ2v) is 11.5. The fourth-order valence-corrected chi connectivity index (χ4v) is 5.67. The van der Waals surface area contributed by atoms with Crippen molar-refractivity contribution in [2.45, 2.75) is 129 Å². The number of benzene rings is 1. The predicted octanol–water partition coefficient (Wildman–Crippen LogP) is 7.12. The third-order valence-corrected chi connectivity index (χ3v) is 8.01. The van der Waals surface area contributed by atoms with Gasteiger partial charge in [-0.25, -0.2) is 0 Å². The van der Waals surface area contributed by atoms with Crippen molar-refractivity contribution in [1.29, 1.82) is 0 Å². The number of hydrogen-bond acceptors (Lipinski definition) is 6. The topological polar surface area (TPSA) is 77.1 Å². The summed E-state index contributed by atoms with van der Waals surface area (Å²) in [6, 6.07) is 5.44. The van der Waals surface area contributed by atoms with E-state index in [0.29, 0.717) is 44.1 Å². The van der Waals surface area contributed by atoms with Crippen LogP contribution in [0.1, 0.15) is 128 Å². The molecule has 1 N–H and O–H groups in total. The first-order chi connectivity index (χ1) is 19.6. The zero-order valence-corrected chi connectivity index (χ0v) is 25.2. The highest BCUT2D eigenvalue weighted by atomic mass is 16.6.